The molecule has 6 nitrogen and oxygen atoms in total. The molecular formula is C20H17N5O. The first-order valence-corrected chi connectivity index (χ1v) is 8.28. The van der Waals surface area contributed by atoms with Gasteiger partial charge in [-0.2, -0.15) is 0 Å². The minimum Gasteiger partial charge on any atom is -0.294 e. The maximum atomic E-state index is 12.7. The van der Waals surface area contributed by atoms with E-state index in [0.717, 1.165) is 16.5 Å². The van der Waals surface area contributed by atoms with E-state index in [2.05, 4.69) is 15.3 Å². The van der Waals surface area contributed by atoms with Crippen LogP contribution in [0.15, 0.2) is 72.9 Å². The molecule has 0 aliphatic rings. The smallest absolute Gasteiger partial charge is 0.281 e. The van der Waals surface area contributed by atoms with Gasteiger partial charge in [0.15, 0.2) is 5.69 Å². The van der Waals surface area contributed by atoms with Gasteiger partial charge in [0.1, 0.15) is 5.82 Å². The Bertz CT molecular complexity index is 1060. The molecule has 2 aromatic heterocycles. The number of carbonyl (C=O) groups excluding carboxylic acids is 1. The maximum Gasteiger partial charge on any atom is 0.281 e. The van der Waals surface area contributed by atoms with Gasteiger partial charge < -0.3 is 0 Å². The first kappa shape index (κ1) is 16.0. The quantitative estimate of drug-likeness (QED) is 0.571. The molecule has 0 spiro atoms. The van der Waals surface area contributed by atoms with Gasteiger partial charge in [0.05, 0.1) is 18.3 Å². The SMILES string of the molecule is CN(C(=O)c1cn(Cc2ccccc2)nn1)c1ccc2ccccc2n1. The lowest BCUT2D eigenvalue weighted by atomic mass is 10.2. The number of pyridine rings is 1. The second kappa shape index (κ2) is 6.76. The van der Waals surface area contributed by atoms with E-state index in [-0.39, 0.29) is 5.91 Å². The van der Waals surface area contributed by atoms with Crippen LogP contribution in [0.2, 0.25) is 0 Å². The van der Waals surface area contributed by atoms with E-state index >= 15 is 0 Å². The number of carbonyl (C=O) groups is 1. The second-order valence-electron chi connectivity index (χ2n) is 6.01. The van der Waals surface area contributed by atoms with Crippen LogP contribution in [-0.2, 0) is 6.54 Å². The van der Waals surface area contributed by atoms with Crippen molar-refractivity contribution in [3.8, 4) is 0 Å². The van der Waals surface area contributed by atoms with E-state index in [0.29, 0.717) is 18.1 Å². The maximum absolute atomic E-state index is 12.7. The number of hydrogen-bond acceptors (Lipinski definition) is 4. The van der Waals surface area contributed by atoms with Gasteiger partial charge in [-0.25, -0.2) is 9.67 Å². The minimum absolute atomic E-state index is 0.243. The Labute approximate surface area is 150 Å². The van der Waals surface area contributed by atoms with Crippen LogP contribution in [-0.4, -0.2) is 32.9 Å². The largest absolute Gasteiger partial charge is 0.294 e. The molecule has 4 rings (SSSR count). The Kier molecular flexibility index (Phi) is 4.15. The summed E-state index contributed by atoms with van der Waals surface area (Å²) in [4.78, 5) is 18.8. The average Bonchev–Trinajstić information content (AvgIpc) is 3.15. The number of rotatable bonds is 4. The highest BCUT2D eigenvalue weighted by molar-refractivity contribution is 6.04. The molecule has 2 heterocycles. The monoisotopic (exact) mass is 343 g/mol. The summed E-state index contributed by atoms with van der Waals surface area (Å²) in [5.41, 5.74) is 2.23. The molecule has 4 aromatic rings. The summed E-state index contributed by atoms with van der Waals surface area (Å²) >= 11 is 0. The van der Waals surface area contributed by atoms with Crippen molar-refractivity contribution in [2.75, 3.05) is 11.9 Å². The van der Waals surface area contributed by atoms with Crippen molar-refractivity contribution in [2.24, 2.45) is 0 Å². The number of benzene rings is 2. The fraction of sp³-hybridized carbons (Fsp3) is 0.100. The first-order chi connectivity index (χ1) is 12.7. The minimum atomic E-state index is -0.243. The Morgan fingerprint density at radius 3 is 2.62 bits per heavy atom. The normalized spacial score (nSPS) is 10.8. The van der Waals surface area contributed by atoms with Gasteiger partial charge >= 0.3 is 0 Å². The molecule has 0 bridgehead atoms. The predicted octanol–water partition coefficient (Wildman–Crippen LogP) is 3.15. The molecular weight excluding hydrogens is 326 g/mol. The lowest BCUT2D eigenvalue weighted by molar-refractivity contribution is 0.0987. The van der Waals surface area contributed by atoms with Crippen molar-refractivity contribution in [2.45, 2.75) is 6.54 Å². The summed E-state index contributed by atoms with van der Waals surface area (Å²) in [6.45, 7) is 0.569. The lowest BCUT2D eigenvalue weighted by Gasteiger charge is -2.15. The summed E-state index contributed by atoms with van der Waals surface area (Å²) in [7, 11) is 1.69. The van der Waals surface area contributed by atoms with Gasteiger partial charge in [-0.3, -0.25) is 9.69 Å². The number of nitrogens with zero attached hydrogens (tertiary/aromatic N) is 5. The van der Waals surface area contributed by atoms with Crippen LogP contribution in [0.5, 0.6) is 0 Å². The number of hydrogen-bond donors (Lipinski definition) is 0. The summed E-state index contributed by atoms with van der Waals surface area (Å²) in [5, 5.41) is 9.11. The van der Waals surface area contributed by atoms with Gasteiger partial charge in [-0.15, -0.1) is 5.10 Å². The third kappa shape index (κ3) is 3.17. The molecule has 0 saturated heterocycles. The van der Waals surface area contributed by atoms with Crippen LogP contribution in [0.3, 0.4) is 0 Å². The predicted molar refractivity (Wildman–Crippen MR) is 100 cm³/mol. The number of fused-ring (bicyclic) bond motifs is 1. The van der Waals surface area contributed by atoms with Crippen LogP contribution < -0.4 is 4.90 Å². The number of amides is 1. The van der Waals surface area contributed by atoms with Crippen molar-refractivity contribution in [3.05, 3.63) is 84.2 Å². The zero-order valence-corrected chi connectivity index (χ0v) is 14.3. The van der Waals surface area contributed by atoms with Gasteiger partial charge in [-0.05, 0) is 23.8 Å². The average molecular weight is 343 g/mol. The van der Waals surface area contributed by atoms with Crippen LogP contribution >= 0.6 is 0 Å². The lowest BCUT2D eigenvalue weighted by Crippen LogP contribution is -2.27. The Morgan fingerprint density at radius 1 is 1.00 bits per heavy atom. The molecule has 0 aliphatic heterocycles. The standard InChI is InChI=1S/C20H17N5O/c1-24(19-12-11-16-9-5-6-10-17(16)21-19)20(26)18-14-25(23-22-18)13-15-7-3-2-4-8-15/h2-12,14H,13H2,1H3. The number of anilines is 1. The van der Waals surface area contributed by atoms with Crippen LogP contribution in [0, 0.1) is 0 Å². The van der Waals surface area contributed by atoms with Crippen LogP contribution in [0.1, 0.15) is 16.1 Å². The third-order valence-corrected chi connectivity index (χ3v) is 4.18. The molecule has 0 aliphatic carbocycles. The molecule has 6 heteroatoms. The Morgan fingerprint density at radius 2 is 1.77 bits per heavy atom. The number of para-hydroxylation sites is 1. The van der Waals surface area contributed by atoms with Gasteiger partial charge in [0, 0.05) is 12.4 Å². The van der Waals surface area contributed by atoms with E-state index in [1.165, 1.54) is 4.90 Å². The summed E-state index contributed by atoms with van der Waals surface area (Å²) in [6, 6.07) is 21.5. The van der Waals surface area contributed by atoms with Crippen LogP contribution in [0.4, 0.5) is 5.82 Å². The third-order valence-electron chi connectivity index (χ3n) is 4.18. The first-order valence-electron chi connectivity index (χ1n) is 8.28. The van der Waals surface area contributed by atoms with E-state index in [1.54, 1.807) is 17.9 Å². The summed E-state index contributed by atoms with van der Waals surface area (Å²) < 4.78 is 1.66. The van der Waals surface area contributed by atoms with E-state index in [4.69, 9.17) is 0 Å². The highest BCUT2D eigenvalue weighted by atomic mass is 16.2. The van der Waals surface area contributed by atoms with Crippen molar-refractivity contribution >= 4 is 22.6 Å². The fourth-order valence-corrected chi connectivity index (χ4v) is 2.76. The molecule has 0 fully saturated rings. The molecule has 2 aromatic carbocycles. The highest BCUT2D eigenvalue weighted by Gasteiger charge is 2.18. The van der Waals surface area contributed by atoms with E-state index in [9.17, 15) is 4.79 Å². The molecule has 0 unspecified atom stereocenters. The van der Waals surface area contributed by atoms with Gasteiger partial charge in [0.2, 0.25) is 0 Å². The highest BCUT2D eigenvalue weighted by Crippen LogP contribution is 2.18. The molecule has 0 saturated carbocycles. The van der Waals surface area contributed by atoms with Crippen molar-refractivity contribution in [1.29, 1.82) is 0 Å². The molecule has 0 N–H and O–H groups in total. The molecule has 0 atom stereocenters. The van der Waals surface area contributed by atoms with E-state index in [1.807, 2.05) is 66.7 Å². The summed E-state index contributed by atoms with van der Waals surface area (Å²) in [6.07, 6.45) is 1.66. The van der Waals surface area contributed by atoms with Gasteiger partial charge in [-0.1, -0.05) is 53.7 Å². The van der Waals surface area contributed by atoms with Crippen LogP contribution in [0.25, 0.3) is 10.9 Å². The Balaban J connectivity index is 1.54. The molecule has 26 heavy (non-hydrogen) atoms. The van der Waals surface area contributed by atoms with Crippen molar-refractivity contribution in [1.82, 2.24) is 20.0 Å². The zero-order valence-electron chi connectivity index (χ0n) is 14.3. The fourth-order valence-electron chi connectivity index (χ4n) is 2.76. The van der Waals surface area contributed by atoms with E-state index < -0.39 is 0 Å². The molecule has 128 valence electrons. The van der Waals surface area contributed by atoms with Crippen molar-refractivity contribution in [3.63, 3.8) is 0 Å². The topological polar surface area (TPSA) is 63.9 Å². The van der Waals surface area contributed by atoms with Crippen molar-refractivity contribution < 1.29 is 4.79 Å². The Hall–Kier alpha value is -3.54. The van der Waals surface area contributed by atoms with Gasteiger partial charge in [0.25, 0.3) is 5.91 Å². The molecule has 1 amide bonds. The molecule has 0 radical (unpaired) electrons. The summed E-state index contributed by atoms with van der Waals surface area (Å²) in [5.74, 6) is 0.332. The number of aromatic nitrogens is 4. The zero-order chi connectivity index (χ0) is 17.9. The second-order valence-corrected chi connectivity index (χ2v) is 6.01.